The summed E-state index contributed by atoms with van der Waals surface area (Å²) in [5.41, 5.74) is 1.47. The molecule has 1 atom stereocenters. The molecule has 1 aromatic heterocycles. The Bertz CT molecular complexity index is 431. The van der Waals surface area contributed by atoms with Crippen LogP contribution in [0.2, 0.25) is 0 Å². The fraction of sp³-hybridized carbons (Fsp3) is 0.571. The molecule has 1 rings (SSSR count). The molecule has 1 unspecified atom stereocenters. The van der Waals surface area contributed by atoms with Crippen LogP contribution in [0.4, 0.5) is 0 Å². The Hall–Kier alpha value is -1.07. The van der Waals surface area contributed by atoms with Gasteiger partial charge >= 0.3 is 5.97 Å². The average Bonchev–Trinajstić information content (AvgIpc) is 2.35. The Balaban J connectivity index is 2.74. The van der Waals surface area contributed by atoms with Gasteiger partial charge in [-0.1, -0.05) is 0 Å². The summed E-state index contributed by atoms with van der Waals surface area (Å²) < 4.78 is 5.10. The summed E-state index contributed by atoms with van der Waals surface area (Å²) in [6.45, 7) is 8.07. The number of rotatable bonds is 6. The summed E-state index contributed by atoms with van der Waals surface area (Å²) in [5.74, 6) is 0.354. The lowest BCUT2D eigenvalue weighted by Gasteiger charge is -2.26. The quantitative estimate of drug-likeness (QED) is 0.641. The number of carbonyl (C=O) groups is 1. The van der Waals surface area contributed by atoms with Crippen LogP contribution in [0, 0.1) is 13.8 Å². The second-order valence-corrected chi connectivity index (χ2v) is 5.71. The molecule has 0 aliphatic rings. The molecule has 0 amide bonds. The zero-order valence-corrected chi connectivity index (χ0v) is 13.1. The van der Waals surface area contributed by atoms with Crippen LogP contribution >= 0.6 is 11.8 Å². The second kappa shape index (κ2) is 6.91. The number of carbonyl (C=O) groups excluding carboxylic acids is 1. The van der Waals surface area contributed by atoms with E-state index in [0.29, 0.717) is 12.4 Å². The van der Waals surface area contributed by atoms with E-state index in [1.807, 2.05) is 39.8 Å². The number of thioether (sulfide) groups is 1. The first-order valence-electron chi connectivity index (χ1n) is 6.35. The van der Waals surface area contributed by atoms with Gasteiger partial charge in [0.05, 0.1) is 11.6 Å². The molecule has 0 spiro atoms. The SMILES string of the molecule is CCOC(=O)C(C)(CSc1cc(C)cc(C)n1)NC. The van der Waals surface area contributed by atoms with Gasteiger partial charge < -0.3 is 10.1 Å². The predicted molar refractivity (Wildman–Crippen MR) is 78.5 cm³/mol. The molecule has 1 N–H and O–H groups in total. The number of aromatic nitrogens is 1. The van der Waals surface area contributed by atoms with Gasteiger partial charge in [0.2, 0.25) is 0 Å². The summed E-state index contributed by atoms with van der Waals surface area (Å²) in [6.07, 6.45) is 0. The Morgan fingerprint density at radius 2 is 2.16 bits per heavy atom. The third kappa shape index (κ3) is 4.51. The van der Waals surface area contributed by atoms with Gasteiger partial charge in [-0.15, -0.1) is 11.8 Å². The Morgan fingerprint density at radius 1 is 1.47 bits per heavy atom. The number of hydrogen-bond donors (Lipinski definition) is 1. The van der Waals surface area contributed by atoms with Gasteiger partial charge in [-0.05, 0) is 52.4 Å². The van der Waals surface area contributed by atoms with E-state index in [1.165, 1.54) is 5.56 Å². The molecule has 5 heteroatoms. The maximum Gasteiger partial charge on any atom is 0.326 e. The molecule has 1 heterocycles. The number of hydrogen-bond acceptors (Lipinski definition) is 5. The molecule has 0 fully saturated rings. The fourth-order valence-electron chi connectivity index (χ4n) is 1.62. The summed E-state index contributed by atoms with van der Waals surface area (Å²) >= 11 is 1.56. The fourth-order valence-corrected chi connectivity index (χ4v) is 2.80. The van der Waals surface area contributed by atoms with Gasteiger partial charge in [-0.3, -0.25) is 4.79 Å². The number of ether oxygens (including phenoxy) is 1. The summed E-state index contributed by atoms with van der Waals surface area (Å²) in [5, 5.41) is 3.97. The van der Waals surface area contributed by atoms with Crippen molar-refractivity contribution in [2.24, 2.45) is 0 Å². The van der Waals surface area contributed by atoms with Crippen LogP contribution in [-0.4, -0.2) is 35.9 Å². The lowest BCUT2D eigenvalue weighted by molar-refractivity contribution is -0.149. The van der Waals surface area contributed by atoms with Crippen molar-refractivity contribution >= 4 is 17.7 Å². The van der Waals surface area contributed by atoms with Crippen molar-refractivity contribution in [3.05, 3.63) is 23.4 Å². The minimum atomic E-state index is -0.694. The number of aryl methyl sites for hydroxylation is 2. The normalized spacial score (nSPS) is 13.9. The molecular formula is C14H22N2O2S. The third-order valence-electron chi connectivity index (χ3n) is 2.86. The number of esters is 1. The van der Waals surface area contributed by atoms with E-state index >= 15 is 0 Å². The first kappa shape index (κ1) is 16.0. The zero-order chi connectivity index (χ0) is 14.5. The number of likely N-dealkylation sites (N-methyl/N-ethyl adjacent to an activating group) is 1. The van der Waals surface area contributed by atoms with Crippen LogP contribution in [0.1, 0.15) is 25.1 Å². The average molecular weight is 282 g/mol. The van der Waals surface area contributed by atoms with E-state index in [0.717, 1.165) is 10.7 Å². The molecule has 0 saturated carbocycles. The Labute approximate surface area is 119 Å². The molecule has 4 nitrogen and oxygen atoms in total. The number of nitrogens with one attached hydrogen (secondary N) is 1. The lowest BCUT2D eigenvalue weighted by Crippen LogP contribution is -2.50. The van der Waals surface area contributed by atoms with Gasteiger partial charge in [0.15, 0.2) is 0 Å². The minimum Gasteiger partial charge on any atom is -0.465 e. The van der Waals surface area contributed by atoms with Crippen molar-refractivity contribution in [2.75, 3.05) is 19.4 Å². The molecule has 0 aromatic carbocycles. The summed E-state index contributed by atoms with van der Waals surface area (Å²) in [7, 11) is 1.77. The topological polar surface area (TPSA) is 51.2 Å². The minimum absolute atomic E-state index is 0.227. The van der Waals surface area contributed by atoms with Crippen LogP contribution in [-0.2, 0) is 9.53 Å². The standard InChI is InChI=1S/C14H22N2O2S/c1-6-18-13(17)14(4,15-5)9-19-12-8-10(2)7-11(3)16-12/h7-8,15H,6,9H2,1-5H3. The molecule has 106 valence electrons. The van der Waals surface area contributed by atoms with E-state index < -0.39 is 5.54 Å². The first-order chi connectivity index (χ1) is 8.91. The van der Waals surface area contributed by atoms with Gasteiger partial charge in [-0.2, -0.15) is 0 Å². The van der Waals surface area contributed by atoms with Crippen molar-refractivity contribution in [1.29, 1.82) is 0 Å². The van der Waals surface area contributed by atoms with E-state index in [9.17, 15) is 4.79 Å². The van der Waals surface area contributed by atoms with E-state index in [4.69, 9.17) is 4.74 Å². The highest BCUT2D eigenvalue weighted by atomic mass is 32.2. The maximum absolute atomic E-state index is 11.9. The van der Waals surface area contributed by atoms with Gasteiger partial charge in [0.25, 0.3) is 0 Å². The molecular weight excluding hydrogens is 260 g/mol. The highest BCUT2D eigenvalue weighted by Gasteiger charge is 2.33. The number of pyridine rings is 1. The smallest absolute Gasteiger partial charge is 0.326 e. The van der Waals surface area contributed by atoms with Crippen molar-refractivity contribution in [3.8, 4) is 0 Å². The maximum atomic E-state index is 11.9. The highest BCUT2D eigenvalue weighted by Crippen LogP contribution is 2.23. The van der Waals surface area contributed by atoms with E-state index in [2.05, 4.69) is 10.3 Å². The summed E-state index contributed by atoms with van der Waals surface area (Å²) in [6, 6.07) is 4.06. The van der Waals surface area contributed by atoms with Crippen LogP contribution in [0.25, 0.3) is 0 Å². The van der Waals surface area contributed by atoms with Gasteiger partial charge in [0.1, 0.15) is 5.54 Å². The molecule has 19 heavy (non-hydrogen) atoms. The highest BCUT2D eigenvalue weighted by molar-refractivity contribution is 7.99. The second-order valence-electron chi connectivity index (χ2n) is 4.72. The summed E-state index contributed by atoms with van der Waals surface area (Å²) in [4.78, 5) is 16.4. The van der Waals surface area contributed by atoms with Crippen LogP contribution in [0.5, 0.6) is 0 Å². The van der Waals surface area contributed by atoms with Crippen LogP contribution in [0.3, 0.4) is 0 Å². The molecule has 0 saturated heterocycles. The Morgan fingerprint density at radius 3 is 2.68 bits per heavy atom. The molecule has 1 aromatic rings. The van der Waals surface area contributed by atoms with Gasteiger partial charge in [0, 0.05) is 11.4 Å². The van der Waals surface area contributed by atoms with E-state index in [1.54, 1.807) is 18.8 Å². The van der Waals surface area contributed by atoms with Crippen LogP contribution < -0.4 is 5.32 Å². The molecule has 0 bridgehead atoms. The molecule has 0 radical (unpaired) electrons. The lowest BCUT2D eigenvalue weighted by atomic mass is 10.1. The van der Waals surface area contributed by atoms with Crippen molar-refractivity contribution in [3.63, 3.8) is 0 Å². The van der Waals surface area contributed by atoms with Crippen molar-refractivity contribution < 1.29 is 9.53 Å². The van der Waals surface area contributed by atoms with E-state index in [-0.39, 0.29) is 5.97 Å². The van der Waals surface area contributed by atoms with Crippen molar-refractivity contribution in [2.45, 2.75) is 38.3 Å². The first-order valence-corrected chi connectivity index (χ1v) is 7.34. The molecule has 0 aliphatic carbocycles. The Kier molecular flexibility index (Phi) is 5.82. The predicted octanol–water partition coefficient (Wildman–Crippen LogP) is 2.33. The van der Waals surface area contributed by atoms with Crippen LogP contribution in [0.15, 0.2) is 17.2 Å². The van der Waals surface area contributed by atoms with Gasteiger partial charge in [-0.25, -0.2) is 4.98 Å². The molecule has 0 aliphatic heterocycles. The largest absolute Gasteiger partial charge is 0.465 e. The number of nitrogens with zero attached hydrogens (tertiary/aromatic N) is 1. The zero-order valence-electron chi connectivity index (χ0n) is 12.2. The third-order valence-corrected chi connectivity index (χ3v) is 4.09. The van der Waals surface area contributed by atoms with Crippen molar-refractivity contribution in [1.82, 2.24) is 10.3 Å². The monoisotopic (exact) mass is 282 g/mol.